The molecule has 0 atom stereocenters. The van der Waals surface area contributed by atoms with E-state index in [4.69, 9.17) is 9.53 Å². The molecule has 0 aromatic carbocycles. The van der Waals surface area contributed by atoms with Crippen LogP contribution in [0.5, 0.6) is 0 Å². The molecule has 0 spiro atoms. The lowest BCUT2D eigenvalue weighted by molar-refractivity contribution is -0.126. The molecule has 7 heteroatoms. The summed E-state index contributed by atoms with van der Waals surface area (Å²) in [5, 5.41) is 2.63. The average molecular weight is 376 g/mol. The molecule has 26 heavy (non-hydrogen) atoms. The number of piperazine rings is 1. The fourth-order valence-electron chi connectivity index (χ4n) is 2.19. The number of rotatable bonds is 6. The van der Waals surface area contributed by atoms with Crippen molar-refractivity contribution in [2.24, 2.45) is 0 Å². The summed E-state index contributed by atoms with van der Waals surface area (Å²) >= 11 is 0. The first-order valence-corrected chi connectivity index (χ1v) is 9.61. The number of alkyl carbamates (subject to hydrolysis) is 1. The number of hydrogen-bond acceptors (Lipinski definition) is 6. The van der Waals surface area contributed by atoms with E-state index in [0.717, 1.165) is 6.42 Å². The molecule has 7 nitrogen and oxygen atoms in total. The number of likely N-dealkylation sites (N-methyl/N-ethyl adjacent to an activating group) is 1. The molecule has 0 aromatic heterocycles. The Morgan fingerprint density at radius 3 is 1.88 bits per heavy atom. The number of nitrogens with one attached hydrogen (secondary N) is 1. The highest BCUT2D eigenvalue weighted by Gasteiger charge is 2.15. The summed E-state index contributed by atoms with van der Waals surface area (Å²) in [7, 11) is 1.31. The molecular weight excluding hydrogens is 334 g/mol. The molecular formula is C19H41N3O4. The molecule has 0 aromatic rings. The Balaban J connectivity index is 0. The van der Waals surface area contributed by atoms with Crippen LogP contribution in [0, 0.1) is 0 Å². The summed E-state index contributed by atoms with van der Waals surface area (Å²) in [4.78, 5) is 24.9. The zero-order chi connectivity index (χ0) is 20.4. The van der Waals surface area contributed by atoms with E-state index in [1.54, 1.807) is 0 Å². The zero-order valence-electron chi connectivity index (χ0n) is 18.0. The molecule has 0 radical (unpaired) electrons. The van der Waals surface area contributed by atoms with Gasteiger partial charge in [0.05, 0.1) is 7.11 Å². The Morgan fingerprint density at radius 1 is 1.04 bits per heavy atom. The van der Waals surface area contributed by atoms with Gasteiger partial charge in [0, 0.05) is 32.7 Å². The fraction of sp³-hybridized carbons (Fsp3) is 0.895. The number of carbonyl (C=O) groups excluding carboxylic acids is 2. The maximum atomic E-state index is 10.9. The SMILES string of the molecule is CCCN1CCN(CC)CC1.CCCNC(=O)OC(C)(C)C.COC=O. The normalized spacial score (nSPS) is 14.9. The minimum atomic E-state index is -0.391. The minimum absolute atomic E-state index is 0.334. The van der Waals surface area contributed by atoms with Gasteiger partial charge in [-0.05, 0) is 46.7 Å². The maximum Gasteiger partial charge on any atom is 0.407 e. The zero-order valence-corrected chi connectivity index (χ0v) is 18.0. The van der Waals surface area contributed by atoms with Gasteiger partial charge >= 0.3 is 6.09 Å². The summed E-state index contributed by atoms with van der Waals surface area (Å²) < 4.78 is 8.85. The smallest absolute Gasteiger partial charge is 0.407 e. The lowest BCUT2D eigenvalue weighted by Gasteiger charge is -2.33. The summed E-state index contributed by atoms with van der Waals surface area (Å²) in [6.07, 6.45) is 1.89. The van der Waals surface area contributed by atoms with Crippen LogP contribution in [0.25, 0.3) is 0 Å². The molecule has 0 unspecified atom stereocenters. The van der Waals surface area contributed by atoms with E-state index in [-0.39, 0.29) is 6.09 Å². The van der Waals surface area contributed by atoms with Crippen LogP contribution in [-0.2, 0) is 14.3 Å². The van der Waals surface area contributed by atoms with E-state index in [0.29, 0.717) is 13.0 Å². The highest BCUT2D eigenvalue weighted by atomic mass is 16.6. The second kappa shape index (κ2) is 17.1. The largest absolute Gasteiger partial charge is 0.471 e. The Bertz CT molecular complexity index is 338. The van der Waals surface area contributed by atoms with Crippen LogP contribution in [-0.4, -0.2) is 80.9 Å². The van der Waals surface area contributed by atoms with Crippen LogP contribution in [0.3, 0.4) is 0 Å². The molecule has 1 saturated heterocycles. The van der Waals surface area contributed by atoms with E-state index in [9.17, 15) is 4.79 Å². The Hall–Kier alpha value is -1.34. The van der Waals surface area contributed by atoms with Gasteiger partial charge in [0.2, 0.25) is 0 Å². The number of ether oxygens (including phenoxy) is 2. The van der Waals surface area contributed by atoms with E-state index >= 15 is 0 Å². The molecule has 1 aliphatic heterocycles. The van der Waals surface area contributed by atoms with Gasteiger partial charge in [-0.1, -0.05) is 20.8 Å². The van der Waals surface area contributed by atoms with E-state index in [1.165, 1.54) is 52.8 Å². The predicted octanol–water partition coefficient (Wildman–Crippen LogP) is 2.74. The van der Waals surface area contributed by atoms with Crippen molar-refractivity contribution in [1.29, 1.82) is 0 Å². The van der Waals surface area contributed by atoms with Crippen molar-refractivity contribution in [3.05, 3.63) is 0 Å². The molecule has 0 aliphatic carbocycles. The summed E-state index contributed by atoms with van der Waals surface area (Å²) in [5.41, 5.74) is -0.391. The van der Waals surface area contributed by atoms with Gasteiger partial charge in [-0.15, -0.1) is 0 Å². The third-order valence-electron chi connectivity index (χ3n) is 3.47. The molecule has 1 aliphatic rings. The second-order valence-electron chi connectivity index (χ2n) is 7.04. The highest BCUT2D eigenvalue weighted by Crippen LogP contribution is 2.06. The quantitative estimate of drug-likeness (QED) is 0.720. The molecule has 1 heterocycles. The van der Waals surface area contributed by atoms with Crippen molar-refractivity contribution in [2.75, 3.05) is 52.9 Å². The Labute approximate surface area is 160 Å². The van der Waals surface area contributed by atoms with E-state index in [1.807, 2.05) is 27.7 Å². The van der Waals surface area contributed by atoms with Gasteiger partial charge in [-0.2, -0.15) is 0 Å². The molecule has 1 amide bonds. The van der Waals surface area contributed by atoms with Crippen LogP contribution in [0.15, 0.2) is 0 Å². The molecule has 0 bridgehead atoms. The van der Waals surface area contributed by atoms with Crippen LogP contribution in [0.4, 0.5) is 4.79 Å². The second-order valence-corrected chi connectivity index (χ2v) is 7.04. The van der Waals surface area contributed by atoms with Crippen molar-refractivity contribution >= 4 is 12.6 Å². The minimum Gasteiger partial charge on any atom is -0.471 e. The summed E-state index contributed by atoms with van der Waals surface area (Å²) in [5.74, 6) is 0. The van der Waals surface area contributed by atoms with Crippen LogP contribution < -0.4 is 5.32 Å². The number of amides is 1. The third-order valence-corrected chi connectivity index (χ3v) is 3.47. The van der Waals surface area contributed by atoms with Gasteiger partial charge in [-0.25, -0.2) is 4.79 Å². The van der Waals surface area contributed by atoms with E-state index in [2.05, 4.69) is 33.7 Å². The van der Waals surface area contributed by atoms with Crippen molar-refractivity contribution in [1.82, 2.24) is 15.1 Å². The first-order valence-electron chi connectivity index (χ1n) is 9.61. The number of carbonyl (C=O) groups is 2. The van der Waals surface area contributed by atoms with Crippen LogP contribution in [0.2, 0.25) is 0 Å². The van der Waals surface area contributed by atoms with Gasteiger partial charge in [0.1, 0.15) is 5.60 Å². The summed E-state index contributed by atoms with van der Waals surface area (Å²) in [6, 6.07) is 0. The molecule has 1 rings (SSSR count). The monoisotopic (exact) mass is 375 g/mol. The first-order chi connectivity index (χ1) is 12.2. The average Bonchev–Trinajstić information content (AvgIpc) is 2.60. The van der Waals surface area contributed by atoms with Crippen molar-refractivity contribution in [2.45, 2.75) is 60.0 Å². The third kappa shape index (κ3) is 19.0. The van der Waals surface area contributed by atoms with Crippen LogP contribution in [0.1, 0.15) is 54.4 Å². The molecule has 0 saturated carbocycles. The Kier molecular flexibility index (Phi) is 17.7. The summed E-state index contributed by atoms with van der Waals surface area (Å²) in [6.45, 7) is 20.7. The number of nitrogens with zero attached hydrogens (tertiary/aromatic N) is 2. The van der Waals surface area contributed by atoms with Crippen molar-refractivity contribution in [3.63, 3.8) is 0 Å². The number of hydrogen-bond donors (Lipinski definition) is 1. The van der Waals surface area contributed by atoms with Crippen molar-refractivity contribution in [3.8, 4) is 0 Å². The van der Waals surface area contributed by atoms with Crippen molar-refractivity contribution < 1.29 is 19.1 Å². The predicted molar refractivity (Wildman–Crippen MR) is 106 cm³/mol. The van der Waals surface area contributed by atoms with Gasteiger partial charge < -0.3 is 24.6 Å². The van der Waals surface area contributed by atoms with Gasteiger partial charge in [-0.3, -0.25) is 4.79 Å². The topological polar surface area (TPSA) is 71.1 Å². The standard InChI is InChI=1S/C9H20N2.C8H17NO2.C2H4O2/c1-3-5-11-8-6-10(4-2)7-9-11;1-5-6-9-7(10)11-8(2,3)4;1-4-2-3/h3-9H2,1-2H3;5-6H2,1-4H3,(H,9,10);2H,1H3. The molecule has 1 N–H and O–H groups in total. The first kappa shape index (κ1) is 26.9. The number of methoxy groups -OCH3 is 1. The maximum absolute atomic E-state index is 10.9. The lowest BCUT2D eigenvalue weighted by atomic mass is 10.2. The lowest BCUT2D eigenvalue weighted by Crippen LogP contribution is -2.46. The fourth-order valence-corrected chi connectivity index (χ4v) is 2.19. The van der Waals surface area contributed by atoms with Crippen LogP contribution >= 0.6 is 0 Å². The van der Waals surface area contributed by atoms with E-state index < -0.39 is 5.60 Å². The highest BCUT2D eigenvalue weighted by molar-refractivity contribution is 5.67. The molecule has 1 fully saturated rings. The van der Waals surface area contributed by atoms with Gasteiger partial charge in [0.25, 0.3) is 6.47 Å². The molecule has 156 valence electrons. The van der Waals surface area contributed by atoms with Gasteiger partial charge in [0.15, 0.2) is 0 Å². The Morgan fingerprint density at radius 2 is 1.54 bits per heavy atom.